The molecule has 2 unspecified atom stereocenters. The van der Waals surface area contributed by atoms with Gasteiger partial charge in [-0.15, -0.1) is 0 Å². The number of fused-ring (bicyclic) bond motifs is 2. The van der Waals surface area contributed by atoms with Crippen LogP contribution in [0.15, 0.2) is 54.6 Å². The Morgan fingerprint density at radius 2 is 1.47 bits per heavy atom. The van der Waals surface area contributed by atoms with Crippen molar-refractivity contribution in [3.63, 3.8) is 0 Å². The molecule has 5 heteroatoms. The number of hydrogen-bond acceptors (Lipinski definition) is 4. The second kappa shape index (κ2) is 7.98. The van der Waals surface area contributed by atoms with E-state index < -0.39 is 5.60 Å². The molecule has 2 aromatic rings. The summed E-state index contributed by atoms with van der Waals surface area (Å²) in [7, 11) is -0.363. The first-order valence-electron chi connectivity index (χ1n) is 12.1. The maximum absolute atomic E-state index is 11.6. The molecule has 3 saturated heterocycles. The molecule has 3 aliphatic heterocycles. The predicted octanol–water partition coefficient (Wildman–Crippen LogP) is 4.09. The van der Waals surface area contributed by atoms with Crippen molar-refractivity contribution in [2.45, 2.75) is 95.2 Å². The quantitative estimate of drug-likeness (QED) is 0.722. The zero-order valence-electron chi connectivity index (χ0n) is 19.9. The number of piperidine rings is 1. The Morgan fingerprint density at radius 1 is 0.875 bits per heavy atom. The van der Waals surface area contributed by atoms with Crippen molar-refractivity contribution in [1.82, 2.24) is 4.90 Å². The molecule has 2 aromatic carbocycles. The van der Waals surface area contributed by atoms with E-state index in [1.165, 1.54) is 18.4 Å². The van der Waals surface area contributed by atoms with Gasteiger partial charge in [-0.05, 0) is 70.0 Å². The zero-order valence-corrected chi connectivity index (χ0v) is 19.9. The van der Waals surface area contributed by atoms with Crippen molar-refractivity contribution < 1.29 is 14.4 Å². The van der Waals surface area contributed by atoms with Crippen LogP contribution in [0, 0.1) is 0 Å². The summed E-state index contributed by atoms with van der Waals surface area (Å²) >= 11 is 0. The van der Waals surface area contributed by atoms with Crippen LogP contribution < -0.4 is 5.46 Å². The van der Waals surface area contributed by atoms with E-state index in [9.17, 15) is 5.11 Å². The van der Waals surface area contributed by atoms with Gasteiger partial charge in [-0.25, -0.2) is 0 Å². The normalized spacial score (nSPS) is 31.2. The molecule has 2 atom stereocenters. The summed E-state index contributed by atoms with van der Waals surface area (Å²) in [6, 6.07) is 20.1. The van der Waals surface area contributed by atoms with Crippen LogP contribution in [0.25, 0.3) is 0 Å². The summed E-state index contributed by atoms with van der Waals surface area (Å²) < 4.78 is 12.5. The number of rotatable bonds is 5. The molecule has 0 saturated carbocycles. The highest BCUT2D eigenvalue weighted by molar-refractivity contribution is 6.62. The van der Waals surface area contributed by atoms with Gasteiger partial charge in [-0.2, -0.15) is 0 Å². The predicted molar refractivity (Wildman–Crippen MR) is 129 cm³/mol. The minimum atomic E-state index is -0.645. The first-order valence-corrected chi connectivity index (χ1v) is 12.1. The largest absolute Gasteiger partial charge is 0.494 e. The third-order valence-electron chi connectivity index (χ3n) is 8.22. The van der Waals surface area contributed by atoms with E-state index >= 15 is 0 Å². The molecule has 0 aliphatic carbocycles. The smallest absolute Gasteiger partial charge is 0.399 e. The average Bonchev–Trinajstić information content (AvgIpc) is 3.10. The fourth-order valence-electron chi connectivity index (χ4n) is 5.82. The molecule has 0 amide bonds. The van der Waals surface area contributed by atoms with Crippen molar-refractivity contribution in [1.29, 1.82) is 0 Å². The Hall–Kier alpha value is -1.66. The molecule has 4 nitrogen and oxygen atoms in total. The molecule has 32 heavy (non-hydrogen) atoms. The van der Waals surface area contributed by atoms with Gasteiger partial charge in [0.25, 0.3) is 0 Å². The summed E-state index contributed by atoms with van der Waals surface area (Å²) in [5, 5.41) is 11.6. The summed E-state index contributed by atoms with van der Waals surface area (Å²) in [6.45, 7) is 9.32. The Morgan fingerprint density at radius 3 is 2.09 bits per heavy atom. The number of hydrogen-bond donors (Lipinski definition) is 1. The topological polar surface area (TPSA) is 41.9 Å². The molecule has 3 fully saturated rings. The standard InChI is InChI=1S/C27H36BNO3/c1-25(2)26(3,4)32-28(31-25)22-12-8-11-21(15-22)16-27(30)17-23-13-14-24(18-27)29(23)19-20-9-6-5-7-10-20/h5-12,15,23-24,30H,13-14,16-19H2,1-4H3. The molecule has 3 heterocycles. The summed E-state index contributed by atoms with van der Waals surface area (Å²) in [5.41, 5.74) is 2.22. The monoisotopic (exact) mass is 433 g/mol. The van der Waals surface area contributed by atoms with E-state index in [1.54, 1.807) is 0 Å². The van der Waals surface area contributed by atoms with E-state index in [2.05, 4.69) is 87.2 Å². The second-order valence-corrected chi connectivity index (χ2v) is 11.2. The van der Waals surface area contributed by atoms with Crippen LogP contribution in [0.2, 0.25) is 0 Å². The van der Waals surface area contributed by atoms with Gasteiger partial charge in [-0.1, -0.05) is 54.6 Å². The second-order valence-electron chi connectivity index (χ2n) is 11.2. The lowest BCUT2D eigenvalue weighted by molar-refractivity contribution is -0.0540. The first-order chi connectivity index (χ1) is 15.1. The Labute approximate surface area is 193 Å². The highest BCUT2D eigenvalue weighted by atomic mass is 16.7. The van der Waals surface area contributed by atoms with Crippen molar-refractivity contribution in [2.24, 2.45) is 0 Å². The van der Waals surface area contributed by atoms with Gasteiger partial charge in [0.15, 0.2) is 0 Å². The number of benzene rings is 2. The van der Waals surface area contributed by atoms with Crippen molar-refractivity contribution in [2.75, 3.05) is 0 Å². The Bertz CT molecular complexity index is 930. The molecule has 0 radical (unpaired) electrons. The molecule has 3 aliphatic rings. The van der Waals surface area contributed by atoms with Gasteiger partial charge in [-0.3, -0.25) is 4.90 Å². The fourth-order valence-corrected chi connectivity index (χ4v) is 5.82. The zero-order chi connectivity index (χ0) is 22.6. The lowest BCUT2D eigenvalue weighted by atomic mass is 9.76. The molecule has 5 rings (SSSR count). The van der Waals surface area contributed by atoms with Gasteiger partial charge in [0.1, 0.15) is 0 Å². The summed E-state index contributed by atoms with van der Waals surface area (Å²) in [5.74, 6) is 0. The molecule has 2 bridgehead atoms. The molecule has 0 spiro atoms. The Kier molecular flexibility index (Phi) is 5.53. The Balaban J connectivity index is 1.28. The van der Waals surface area contributed by atoms with E-state index in [1.807, 2.05) is 0 Å². The minimum absolute atomic E-state index is 0.351. The molecule has 0 aromatic heterocycles. The van der Waals surface area contributed by atoms with Crippen LogP contribution in [0.3, 0.4) is 0 Å². The number of nitrogens with zero attached hydrogens (tertiary/aromatic N) is 1. The average molecular weight is 433 g/mol. The van der Waals surface area contributed by atoms with Crippen LogP contribution in [0.5, 0.6) is 0 Å². The third kappa shape index (κ3) is 4.16. The third-order valence-corrected chi connectivity index (χ3v) is 8.22. The van der Waals surface area contributed by atoms with E-state index in [4.69, 9.17) is 9.31 Å². The maximum atomic E-state index is 11.6. The molecule has 1 N–H and O–H groups in total. The van der Waals surface area contributed by atoms with E-state index in [-0.39, 0.29) is 18.3 Å². The van der Waals surface area contributed by atoms with Crippen LogP contribution in [0.1, 0.15) is 64.5 Å². The lowest BCUT2D eigenvalue weighted by Gasteiger charge is -2.44. The molecular formula is C27H36BNO3. The highest BCUT2D eigenvalue weighted by Crippen LogP contribution is 2.43. The van der Waals surface area contributed by atoms with Gasteiger partial charge in [0.2, 0.25) is 0 Å². The van der Waals surface area contributed by atoms with Gasteiger partial charge >= 0.3 is 7.12 Å². The number of aliphatic hydroxyl groups is 1. The fraction of sp³-hybridized carbons (Fsp3) is 0.556. The van der Waals surface area contributed by atoms with E-state index in [0.717, 1.165) is 30.4 Å². The van der Waals surface area contributed by atoms with Crippen molar-refractivity contribution >= 4 is 12.6 Å². The van der Waals surface area contributed by atoms with Gasteiger partial charge in [0, 0.05) is 25.0 Å². The van der Waals surface area contributed by atoms with Crippen LogP contribution in [-0.4, -0.2) is 46.0 Å². The van der Waals surface area contributed by atoms with Gasteiger partial charge < -0.3 is 14.4 Å². The van der Waals surface area contributed by atoms with Gasteiger partial charge in [0.05, 0.1) is 16.8 Å². The molecule has 170 valence electrons. The van der Waals surface area contributed by atoms with Crippen LogP contribution in [-0.2, 0) is 22.3 Å². The maximum Gasteiger partial charge on any atom is 0.494 e. The minimum Gasteiger partial charge on any atom is -0.399 e. The molecular weight excluding hydrogens is 397 g/mol. The van der Waals surface area contributed by atoms with Crippen LogP contribution >= 0.6 is 0 Å². The van der Waals surface area contributed by atoms with E-state index in [0.29, 0.717) is 18.5 Å². The van der Waals surface area contributed by atoms with Crippen molar-refractivity contribution in [3.05, 3.63) is 65.7 Å². The lowest BCUT2D eigenvalue weighted by Crippen LogP contribution is -2.51. The summed E-state index contributed by atoms with van der Waals surface area (Å²) in [6.07, 6.45) is 4.75. The summed E-state index contributed by atoms with van der Waals surface area (Å²) in [4.78, 5) is 2.63. The first kappa shape index (κ1) is 22.2. The highest BCUT2D eigenvalue weighted by Gasteiger charge is 2.52. The SMILES string of the molecule is CC1(C)OB(c2cccc(CC3(O)CC4CCC(C3)N4Cc3ccccc3)c2)OC1(C)C. The van der Waals surface area contributed by atoms with Crippen LogP contribution in [0.4, 0.5) is 0 Å². The van der Waals surface area contributed by atoms with Crippen molar-refractivity contribution in [3.8, 4) is 0 Å².